The van der Waals surface area contributed by atoms with Gasteiger partial charge in [-0.2, -0.15) is 0 Å². The molecule has 2 aromatic carbocycles. The minimum Gasteiger partial charge on any atom is -0.477 e. The highest BCUT2D eigenvalue weighted by Gasteiger charge is 2.26. The third-order valence-corrected chi connectivity index (χ3v) is 8.35. The first-order valence-electron chi connectivity index (χ1n) is 17.9. The highest BCUT2D eigenvalue weighted by Crippen LogP contribution is 2.27. The molecule has 1 atom stereocenters. The van der Waals surface area contributed by atoms with Gasteiger partial charge in [-0.15, -0.1) is 0 Å². The summed E-state index contributed by atoms with van der Waals surface area (Å²) in [4.78, 5) is 64.4. The van der Waals surface area contributed by atoms with Crippen molar-refractivity contribution in [2.75, 3.05) is 49.5 Å². The Balaban J connectivity index is 0.00000193. The molecule has 0 bridgehead atoms. The number of urea groups is 1. The van der Waals surface area contributed by atoms with Crippen LogP contribution in [0.1, 0.15) is 56.5 Å². The fourth-order valence-electron chi connectivity index (χ4n) is 5.59. The van der Waals surface area contributed by atoms with E-state index in [-0.39, 0.29) is 56.0 Å². The van der Waals surface area contributed by atoms with Gasteiger partial charge in [0, 0.05) is 75.0 Å². The minimum atomic E-state index is -1.38. The Hall–Kier alpha value is -5.88. The predicted molar refractivity (Wildman–Crippen MR) is 208 cm³/mol. The number of halogens is 1. The van der Waals surface area contributed by atoms with Crippen LogP contribution in [0.15, 0.2) is 59.3 Å². The van der Waals surface area contributed by atoms with Crippen LogP contribution < -0.4 is 44.0 Å². The molecule has 0 aliphatic carbocycles. The van der Waals surface area contributed by atoms with Crippen LogP contribution in [0.3, 0.4) is 0 Å². The molecule has 1 aliphatic heterocycles. The number of carboxylic acid groups (broad SMARTS) is 1. The number of fused-ring (bicyclic) bond motifs is 1. The topological polar surface area (TPSA) is 258 Å². The molecule has 3 aromatic rings. The van der Waals surface area contributed by atoms with Gasteiger partial charge in [-0.25, -0.2) is 24.6 Å². The second-order valence-corrected chi connectivity index (χ2v) is 13.5. The molecule has 1 aliphatic rings. The van der Waals surface area contributed by atoms with Gasteiger partial charge in [-0.05, 0) is 55.5 Å². The number of benzene rings is 2. The molecule has 300 valence electrons. The summed E-state index contributed by atoms with van der Waals surface area (Å²) in [6.45, 7) is 10.0. The summed E-state index contributed by atoms with van der Waals surface area (Å²) in [5.41, 5.74) is 17.3. The number of aromatic carboxylic acids is 1. The molecular formula is C37H53FN10O7. The van der Waals surface area contributed by atoms with Crippen molar-refractivity contribution < 1.29 is 33.4 Å². The van der Waals surface area contributed by atoms with Crippen molar-refractivity contribution in [3.05, 3.63) is 81.7 Å². The van der Waals surface area contributed by atoms with E-state index in [1.165, 1.54) is 23.4 Å². The van der Waals surface area contributed by atoms with Crippen molar-refractivity contribution in [3.8, 4) is 0 Å². The molecule has 0 spiro atoms. The van der Waals surface area contributed by atoms with E-state index in [1.807, 2.05) is 0 Å². The van der Waals surface area contributed by atoms with Crippen LogP contribution in [-0.2, 0) is 22.7 Å². The number of carboxylic acids is 1. The number of carbonyl (C=O) groups excluding carboxylic acids is 3. The van der Waals surface area contributed by atoms with Gasteiger partial charge < -0.3 is 57.1 Å². The number of hydrogen-bond acceptors (Lipinski definition) is 11. The summed E-state index contributed by atoms with van der Waals surface area (Å²) in [7, 11) is 0. The number of anilines is 2. The summed E-state index contributed by atoms with van der Waals surface area (Å²) in [6, 6.07) is 7.76. The number of amides is 4. The Morgan fingerprint density at radius 3 is 2.25 bits per heavy atom. The number of carbonyl (C=O) groups is 4. The second kappa shape index (κ2) is 20.5. The highest BCUT2D eigenvalue weighted by atomic mass is 19.1. The van der Waals surface area contributed by atoms with Crippen LogP contribution >= 0.6 is 0 Å². The molecule has 1 saturated heterocycles. The van der Waals surface area contributed by atoms with E-state index in [2.05, 4.69) is 31.4 Å². The molecule has 11 N–H and O–H groups in total. The van der Waals surface area contributed by atoms with Gasteiger partial charge >= 0.3 is 18.1 Å². The number of rotatable bonds is 14. The largest absolute Gasteiger partial charge is 0.477 e. The monoisotopic (exact) mass is 768 g/mol. The fourth-order valence-corrected chi connectivity index (χ4v) is 5.59. The van der Waals surface area contributed by atoms with Crippen molar-refractivity contribution in [1.82, 2.24) is 19.8 Å². The fraction of sp³-hybridized carbons (Fsp3) is 0.432. The van der Waals surface area contributed by atoms with Crippen LogP contribution in [0.4, 0.5) is 25.4 Å². The molecule has 1 aromatic heterocycles. The molecule has 55 heavy (non-hydrogen) atoms. The van der Waals surface area contributed by atoms with Crippen molar-refractivity contribution in [1.29, 1.82) is 0 Å². The molecule has 18 heteroatoms. The van der Waals surface area contributed by atoms with Crippen molar-refractivity contribution >= 4 is 46.3 Å². The maximum Gasteiger partial charge on any atom is 0.410 e. The third kappa shape index (κ3) is 12.6. The van der Waals surface area contributed by atoms with Crippen molar-refractivity contribution in [3.63, 3.8) is 0 Å². The van der Waals surface area contributed by atoms with Gasteiger partial charge in [0.2, 0.25) is 11.3 Å². The lowest BCUT2D eigenvalue weighted by molar-refractivity contribution is -0.120. The second-order valence-electron chi connectivity index (χ2n) is 13.5. The smallest absolute Gasteiger partial charge is 0.410 e. The quantitative estimate of drug-likeness (QED) is 0.0710. The number of pyridine rings is 1. The summed E-state index contributed by atoms with van der Waals surface area (Å²) in [5, 5.41) is 15.8. The van der Waals surface area contributed by atoms with Crippen LogP contribution in [-0.4, -0.2) is 88.9 Å². The van der Waals surface area contributed by atoms with E-state index in [0.717, 1.165) is 17.0 Å². The molecule has 0 radical (unpaired) electrons. The van der Waals surface area contributed by atoms with Gasteiger partial charge in [0.05, 0.1) is 11.2 Å². The van der Waals surface area contributed by atoms with Crippen LogP contribution in [0, 0.1) is 11.7 Å². The van der Waals surface area contributed by atoms with E-state index < -0.39 is 46.9 Å². The van der Waals surface area contributed by atoms with Gasteiger partial charge in [0.1, 0.15) is 24.0 Å². The van der Waals surface area contributed by atoms with Gasteiger partial charge in [-0.1, -0.05) is 32.9 Å². The van der Waals surface area contributed by atoms with E-state index in [4.69, 9.17) is 27.8 Å². The Labute approximate surface area is 319 Å². The number of ether oxygens (including phenoxy) is 1. The number of nitrogens with two attached hydrogens (primary N) is 4. The summed E-state index contributed by atoms with van der Waals surface area (Å²) in [6.07, 6.45) is 2.76. The van der Waals surface area contributed by atoms with Crippen LogP contribution in [0.25, 0.3) is 10.9 Å². The molecule has 17 nitrogen and oxygen atoms in total. The van der Waals surface area contributed by atoms with Crippen LogP contribution in [0.2, 0.25) is 0 Å². The number of primary amides is 1. The third-order valence-electron chi connectivity index (χ3n) is 8.35. The Bertz CT molecular complexity index is 1890. The molecule has 4 rings (SSSR count). The van der Waals surface area contributed by atoms with E-state index in [0.29, 0.717) is 42.8 Å². The average Bonchev–Trinajstić information content (AvgIpc) is 3.14. The predicted octanol–water partition coefficient (Wildman–Crippen LogP) is 2.67. The number of nitrogens with one attached hydrogen (secondary N) is 2. The number of aryl methyl sites for hydroxylation is 1. The first kappa shape index (κ1) is 43.5. The standard InChI is InChI=1S/C33H43FN10O7.C4H10/c1-2-41-18-24(31(47)48)29(45)23-14-25(34)28(15-27(23)41)42-10-12-43(13-11-42)33(50)51-19-20-5-7-22(8-6-20)40-30(46)26(4-3-9-39-32(37)49)44(38)17-21(36)16-35;1-4(2)3/h5-8,14-15,17-18,26H,2-4,9-13,16,19,35-36,38H2,1H3,(H,40,46)(H,47,48)(H3,37,39,49);4H,1-3H3/b21-17-;. The van der Waals surface area contributed by atoms with E-state index in [1.54, 1.807) is 40.7 Å². The summed E-state index contributed by atoms with van der Waals surface area (Å²) >= 11 is 0. The van der Waals surface area contributed by atoms with Crippen LogP contribution in [0.5, 0.6) is 0 Å². The molecule has 1 unspecified atom stereocenters. The zero-order valence-corrected chi connectivity index (χ0v) is 31.7. The van der Waals surface area contributed by atoms with Crippen molar-refractivity contribution in [2.24, 2.45) is 29.0 Å². The van der Waals surface area contributed by atoms with Gasteiger partial charge in [0.25, 0.3) is 0 Å². The molecule has 1 fully saturated rings. The number of nitrogens with zero attached hydrogens (tertiary/aromatic N) is 4. The highest BCUT2D eigenvalue weighted by molar-refractivity contribution is 5.95. The summed E-state index contributed by atoms with van der Waals surface area (Å²) < 4.78 is 22.3. The van der Waals surface area contributed by atoms with E-state index >= 15 is 4.39 Å². The number of aromatic nitrogens is 1. The Morgan fingerprint density at radius 2 is 1.69 bits per heavy atom. The minimum absolute atomic E-state index is 0.0186. The van der Waals surface area contributed by atoms with E-state index in [9.17, 15) is 29.1 Å². The van der Waals surface area contributed by atoms with Gasteiger partial charge in [-0.3, -0.25) is 9.59 Å². The normalized spacial score (nSPS) is 13.5. The average molecular weight is 769 g/mol. The first-order valence-corrected chi connectivity index (χ1v) is 17.9. The zero-order valence-electron chi connectivity index (χ0n) is 31.7. The molecule has 2 heterocycles. The molecule has 4 amide bonds. The molecular weight excluding hydrogens is 715 g/mol. The zero-order chi connectivity index (χ0) is 40.8. The lowest BCUT2D eigenvalue weighted by atomic mass is 10.1. The first-order chi connectivity index (χ1) is 26.1. The number of hydrogen-bond donors (Lipinski definition) is 7. The molecule has 0 saturated carbocycles. The maximum absolute atomic E-state index is 15.2. The lowest BCUT2D eigenvalue weighted by Gasteiger charge is -2.35. The Morgan fingerprint density at radius 1 is 1.05 bits per heavy atom. The SMILES string of the molecule is CC(C)C.CCn1cc(C(=O)O)c(=O)c2cc(F)c(N3CCN(C(=O)OCc4ccc(NC(=O)C(CCCNC(N)=O)N(N)/C=C(\N)CN)cc4)CC3)cc21. The van der Waals surface area contributed by atoms with Gasteiger partial charge in [0.15, 0.2) is 0 Å². The maximum atomic E-state index is 15.2. The number of hydrazine groups is 1. The Kier molecular flexibility index (Phi) is 16.3. The number of piperazine rings is 1. The van der Waals surface area contributed by atoms with Crippen molar-refractivity contribution in [2.45, 2.75) is 59.7 Å². The summed E-state index contributed by atoms with van der Waals surface area (Å²) in [5.74, 6) is 4.45. The lowest BCUT2D eigenvalue weighted by Crippen LogP contribution is -2.49.